The summed E-state index contributed by atoms with van der Waals surface area (Å²) in [4.78, 5) is 14.2. The number of fused-ring (bicyclic) bond motifs is 1. The maximum Gasteiger partial charge on any atom is 0.182 e. The zero-order valence-electron chi connectivity index (χ0n) is 24.9. The first kappa shape index (κ1) is 31.6. The average molecular weight is 665 g/mol. The Balaban J connectivity index is 1.52. The van der Waals surface area contributed by atoms with Crippen LogP contribution in [0.25, 0.3) is 0 Å². The molecule has 2 saturated carbocycles. The fourth-order valence-corrected chi connectivity index (χ4v) is 11.9. The summed E-state index contributed by atoms with van der Waals surface area (Å²) >= 11 is 6.39. The highest BCUT2D eigenvalue weighted by Gasteiger charge is 2.56. The number of benzene rings is 4. The molecule has 2 aliphatic rings. The van der Waals surface area contributed by atoms with E-state index in [1.54, 1.807) is 84.9 Å². The summed E-state index contributed by atoms with van der Waals surface area (Å²) in [5.74, 6) is -3.98. The van der Waals surface area contributed by atoms with Crippen LogP contribution < -0.4 is 0 Å². The van der Waals surface area contributed by atoms with Crippen LogP contribution in [-0.4, -0.2) is 33.1 Å². The van der Waals surface area contributed by atoms with Crippen LogP contribution in [0.3, 0.4) is 0 Å². The van der Waals surface area contributed by atoms with Gasteiger partial charge in [0.1, 0.15) is 11.6 Å². The molecule has 2 aliphatic carbocycles. The van der Waals surface area contributed by atoms with E-state index in [0.717, 1.165) is 11.1 Å². The van der Waals surface area contributed by atoms with Gasteiger partial charge in [-0.25, -0.2) is 21.2 Å². The van der Waals surface area contributed by atoms with Gasteiger partial charge in [-0.2, -0.15) is 0 Å². The Hall–Kier alpha value is -3.33. The molecule has 0 amide bonds. The minimum Gasteiger partial charge on any atom is -0.299 e. The van der Waals surface area contributed by atoms with Gasteiger partial charge in [0, 0.05) is 29.2 Å². The third-order valence-electron chi connectivity index (χ3n) is 9.67. The maximum atomic E-state index is 15.4. The predicted octanol–water partition coefficient (Wildman–Crippen LogP) is 7.65. The van der Waals surface area contributed by atoms with E-state index in [1.165, 1.54) is 12.1 Å². The Kier molecular flexibility index (Phi) is 8.52. The highest BCUT2D eigenvalue weighted by atomic mass is 35.5. The Morgan fingerprint density at radius 2 is 1.29 bits per heavy atom. The summed E-state index contributed by atoms with van der Waals surface area (Å²) in [7, 11) is -8.05. The first-order valence-electron chi connectivity index (χ1n) is 15.0. The molecule has 0 aliphatic heterocycles. The first-order chi connectivity index (χ1) is 21.4. The van der Waals surface area contributed by atoms with E-state index < -0.39 is 59.7 Å². The van der Waals surface area contributed by atoms with E-state index in [-0.39, 0.29) is 40.4 Å². The first-order valence-corrected chi connectivity index (χ1v) is 18.5. The molecule has 234 valence electrons. The van der Waals surface area contributed by atoms with Gasteiger partial charge in [-0.15, -0.1) is 0 Å². The minimum atomic E-state index is -4.10. The molecule has 2 fully saturated rings. The smallest absolute Gasteiger partial charge is 0.182 e. The Bertz CT molecular complexity index is 1960. The number of carbonyl (C=O) groups excluding carboxylic acids is 1. The monoisotopic (exact) mass is 664 g/mol. The molecule has 5 nitrogen and oxygen atoms in total. The van der Waals surface area contributed by atoms with Crippen molar-refractivity contribution in [3.05, 3.63) is 130 Å². The number of rotatable bonds is 6. The Morgan fingerprint density at radius 1 is 0.689 bits per heavy atom. The standard InChI is InChI=1S/C36H34ClFO5S2/c1-22-10-14-26(15-11-22)44(40,41)35-21-30-31(19-29(35)24-6-5-7-25(37)18-24)36(45(42,43)27-16-12-23(2)13-17-27)32(20-34(30)39)28-8-3-4-9-33(28)38/h3-18,29-32,35-36H,19-21H2,1-2H3/t29?,30-,31+,32?,35?,36?/m1/s1. The van der Waals surface area contributed by atoms with Crippen molar-refractivity contribution in [3.8, 4) is 0 Å². The van der Waals surface area contributed by atoms with E-state index in [1.807, 2.05) is 13.8 Å². The Labute approximate surface area is 269 Å². The van der Waals surface area contributed by atoms with Crippen LogP contribution in [0.1, 0.15) is 53.4 Å². The molecule has 6 rings (SSSR count). The molecular formula is C36H34ClFO5S2. The van der Waals surface area contributed by atoms with Crippen molar-refractivity contribution in [2.75, 3.05) is 0 Å². The third-order valence-corrected chi connectivity index (χ3v) is 14.5. The second-order valence-electron chi connectivity index (χ2n) is 12.4. The highest BCUT2D eigenvalue weighted by molar-refractivity contribution is 7.92. The van der Waals surface area contributed by atoms with Crippen molar-refractivity contribution in [2.24, 2.45) is 11.8 Å². The molecule has 45 heavy (non-hydrogen) atoms. The van der Waals surface area contributed by atoms with Crippen molar-refractivity contribution < 1.29 is 26.0 Å². The number of Topliss-reactive ketones (excluding diaryl/α,β-unsaturated/α-hetero) is 1. The fraction of sp³-hybridized carbons (Fsp3) is 0.306. The summed E-state index contributed by atoms with van der Waals surface area (Å²) in [5, 5.41) is -1.71. The van der Waals surface area contributed by atoms with Crippen LogP contribution >= 0.6 is 11.6 Å². The molecule has 4 unspecified atom stereocenters. The number of carbonyl (C=O) groups is 1. The summed E-state index contributed by atoms with van der Waals surface area (Å²) in [6.45, 7) is 3.73. The van der Waals surface area contributed by atoms with Crippen molar-refractivity contribution in [2.45, 2.75) is 65.2 Å². The number of ketones is 1. The third kappa shape index (κ3) is 5.88. The largest absolute Gasteiger partial charge is 0.299 e. The SMILES string of the molecule is Cc1ccc(S(=O)(=O)C2C[C@H]3C(=O)CC(c4ccccc4F)C(S(=O)(=O)c4ccc(C)cc4)[C@H]3CC2c2cccc(Cl)c2)cc1. The normalized spacial score (nSPS) is 25.5. The van der Waals surface area contributed by atoms with E-state index in [9.17, 15) is 21.6 Å². The molecule has 0 spiro atoms. The molecular weight excluding hydrogens is 631 g/mol. The number of aryl methyl sites for hydroxylation is 2. The highest BCUT2D eigenvalue weighted by Crippen LogP contribution is 2.54. The average Bonchev–Trinajstić information content (AvgIpc) is 3.01. The van der Waals surface area contributed by atoms with Crippen molar-refractivity contribution in [3.63, 3.8) is 0 Å². The quantitative estimate of drug-likeness (QED) is 0.211. The molecule has 9 heteroatoms. The van der Waals surface area contributed by atoms with Crippen molar-refractivity contribution >= 4 is 37.1 Å². The van der Waals surface area contributed by atoms with Gasteiger partial charge in [0.2, 0.25) is 0 Å². The van der Waals surface area contributed by atoms with Crippen molar-refractivity contribution in [1.82, 2.24) is 0 Å². The van der Waals surface area contributed by atoms with Gasteiger partial charge in [0.15, 0.2) is 19.7 Å². The van der Waals surface area contributed by atoms with Crippen LogP contribution in [0, 0.1) is 31.5 Å². The zero-order chi connectivity index (χ0) is 32.1. The van der Waals surface area contributed by atoms with E-state index in [4.69, 9.17) is 11.6 Å². The molecule has 6 atom stereocenters. The molecule has 0 heterocycles. The van der Waals surface area contributed by atoms with Gasteiger partial charge in [0.25, 0.3) is 0 Å². The lowest BCUT2D eigenvalue weighted by molar-refractivity contribution is -0.128. The van der Waals surface area contributed by atoms with Crippen molar-refractivity contribution in [1.29, 1.82) is 0 Å². The summed E-state index contributed by atoms with van der Waals surface area (Å²) in [6, 6.07) is 26.1. The van der Waals surface area contributed by atoms with Gasteiger partial charge in [-0.05, 0) is 86.2 Å². The van der Waals surface area contributed by atoms with Crippen LogP contribution in [0.2, 0.25) is 5.02 Å². The molecule has 0 saturated heterocycles. The summed E-state index contributed by atoms with van der Waals surface area (Å²) < 4.78 is 73.2. The number of hydrogen-bond donors (Lipinski definition) is 0. The zero-order valence-corrected chi connectivity index (χ0v) is 27.3. The maximum absolute atomic E-state index is 15.4. The summed E-state index contributed by atoms with van der Waals surface area (Å²) in [6.07, 6.45) is -0.134. The van der Waals surface area contributed by atoms with Gasteiger partial charge >= 0.3 is 0 Å². The van der Waals surface area contributed by atoms with Crippen LogP contribution in [0.5, 0.6) is 0 Å². The molecule has 0 radical (unpaired) electrons. The predicted molar refractivity (Wildman–Crippen MR) is 173 cm³/mol. The second-order valence-corrected chi connectivity index (χ2v) is 17.1. The van der Waals surface area contributed by atoms with Crippen LogP contribution in [0.4, 0.5) is 4.39 Å². The van der Waals surface area contributed by atoms with Gasteiger partial charge in [-0.1, -0.05) is 77.3 Å². The molecule has 4 aromatic rings. The number of halogens is 2. The lowest BCUT2D eigenvalue weighted by Crippen LogP contribution is -2.53. The molecule has 0 N–H and O–H groups in total. The lowest BCUT2D eigenvalue weighted by atomic mass is 9.61. The number of sulfone groups is 2. The number of hydrogen-bond acceptors (Lipinski definition) is 5. The Morgan fingerprint density at radius 3 is 1.89 bits per heavy atom. The lowest BCUT2D eigenvalue weighted by Gasteiger charge is -2.48. The van der Waals surface area contributed by atoms with Crippen LogP contribution in [-0.2, 0) is 24.5 Å². The van der Waals surface area contributed by atoms with E-state index in [0.29, 0.717) is 10.6 Å². The second kappa shape index (κ2) is 12.1. The molecule has 4 aromatic carbocycles. The summed E-state index contributed by atoms with van der Waals surface area (Å²) in [5.41, 5.74) is 2.64. The van der Waals surface area contributed by atoms with Gasteiger partial charge in [0.05, 0.1) is 20.3 Å². The van der Waals surface area contributed by atoms with Gasteiger partial charge in [-0.3, -0.25) is 4.79 Å². The molecule has 0 bridgehead atoms. The van der Waals surface area contributed by atoms with E-state index >= 15 is 4.39 Å². The van der Waals surface area contributed by atoms with E-state index in [2.05, 4.69) is 0 Å². The van der Waals surface area contributed by atoms with Gasteiger partial charge < -0.3 is 0 Å². The fourth-order valence-electron chi connectivity index (χ4n) is 7.44. The minimum absolute atomic E-state index is 0.0409. The topological polar surface area (TPSA) is 85.3 Å². The van der Waals surface area contributed by atoms with Crippen LogP contribution in [0.15, 0.2) is 107 Å². The molecule has 0 aromatic heterocycles.